The van der Waals surface area contributed by atoms with Crippen LogP contribution in [0.1, 0.15) is 49.1 Å². The van der Waals surface area contributed by atoms with Gasteiger partial charge in [-0.1, -0.05) is 30.8 Å². The van der Waals surface area contributed by atoms with Gasteiger partial charge in [0.15, 0.2) is 11.6 Å². The van der Waals surface area contributed by atoms with Gasteiger partial charge in [0.1, 0.15) is 17.9 Å². The summed E-state index contributed by atoms with van der Waals surface area (Å²) in [4.78, 5) is 27.7. The van der Waals surface area contributed by atoms with E-state index < -0.39 is 11.7 Å². The maximum Gasteiger partial charge on any atom is 0.319 e. The Kier molecular flexibility index (Phi) is 6.04. The van der Waals surface area contributed by atoms with Crippen molar-refractivity contribution < 1.29 is 18.3 Å². The number of piperazine rings is 1. The minimum Gasteiger partial charge on any atom is -0.461 e. The first-order valence-electron chi connectivity index (χ1n) is 15.3. The van der Waals surface area contributed by atoms with Gasteiger partial charge in [-0.3, -0.25) is 9.69 Å². The second-order valence-corrected chi connectivity index (χ2v) is 12.7. The molecule has 218 valence electrons. The molecule has 2 aromatic carbocycles. The molecule has 3 aromatic rings. The second-order valence-electron chi connectivity index (χ2n) is 12.7. The number of nitrogens with zero attached hydrogens (tertiary/aromatic N) is 5. The van der Waals surface area contributed by atoms with Crippen LogP contribution in [0.15, 0.2) is 42.7 Å². The van der Waals surface area contributed by atoms with Gasteiger partial charge in [-0.25, -0.2) is 8.78 Å². The fourth-order valence-corrected chi connectivity index (χ4v) is 8.17. The van der Waals surface area contributed by atoms with Crippen LogP contribution in [0.3, 0.4) is 0 Å². The van der Waals surface area contributed by atoms with Crippen molar-refractivity contribution >= 4 is 22.6 Å². The maximum absolute atomic E-state index is 16.6. The summed E-state index contributed by atoms with van der Waals surface area (Å²) in [7, 11) is 0. The standard InChI is InChI=1S/C33H35F2N5O2/c1-20(34)31(41)39-15-13-38(14-16-39)30-25-8-7-24(23-6-2-5-21-17-22-18-26(22)27(21)23)28(35)29(25)36-32(37-30)42-19-33-9-3-11-40(33)12-4-10-33/h2,5-8,22,26H,1,3-4,9-19H2. The van der Waals surface area contributed by atoms with Crippen molar-refractivity contribution in [1.29, 1.82) is 0 Å². The quantitative estimate of drug-likeness (QED) is 0.378. The van der Waals surface area contributed by atoms with Gasteiger partial charge < -0.3 is 14.5 Å². The van der Waals surface area contributed by atoms with Crippen LogP contribution in [0, 0.1) is 11.7 Å². The van der Waals surface area contributed by atoms with Crippen LogP contribution in [0.2, 0.25) is 0 Å². The zero-order valence-electron chi connectivity index (χ0n) is 23.7. The van der Waals surface area contributed by atoms with Gasteiger partial charge in [-0.05, 0) is 86.2 Å². The molecule has 9 heteroatoms. The van der Waals surface area contributed by atoms with E-state index in [-0.39, 0.29) is 22.9 Å². The molecule has 8 rings (SSSR count). The first-order valence-corrected chi connectivity index (χ1v) is 15.3. The average Bonchev–Trinajstić information content (AvgIpc) is 3.29. The molecular formula is C33H35F2N5O2. The highest BCUT2D eigenvalue weighted by Gasteiger charge is 2.47. The van der Waals surface area contributed by atoms with Crippen LogP contribution in [-0.4, -0.2) is 77.1 Å². The monoisotopic (exact) mass is 571 g/mol. The number of benzene rings is 2. The third-order valence-electron chi connectivity index (χ3n) is 10.4. The summed E-state index contributed by atoms with van der Waals surface area (Å²) in [6.45, 7) is 7.31. The van der Waals surface area contributed by atoms with Crippen LogP contribution in [0.5, 0.6) is 6.01 Å². The maximum atomic E-state index is 16.6. The molecule has 2 atom stereocenters. The van der Waals surface area contributed by atoms with Gasteiger partial charge in [0.05, 0.1) is 5.54 Å². The van der Waals surface area contributed by atoms with Gasteiger partial charge in [-0.15, -0.1) is 0 Å². The summed E-state index contributed by atoms with van der Waals surface area (Å²) in [5, 5.41) is 0.608. The molecular weight excluding hydrogens is 536 g/mol. The van der Waals surface area contributed by atoms with E-state index in [1.807, 2.05) is 29.2 Å². The predicted molar refractivity (Wildman–Crippen MR) is 157 cm³/mol. The number of rotatable bonds is 6. The number of hydrogen-bond acceptors (Lipinski definition) is 6. The number of carbonyl (C=O) groups is 1. The van der Waals surface area contributed by atoms with Gasteiger partial charge in [-0.2, -0.15) is 9.97 Å². The Balaban J connectivity index is 1.18. The molecule has 42 heavy (non-hydrogen) atoms. The van der Waals surface area contributed by atoms with E-state index in [4.69, 9.17) is 14.7 Å². The topological polar surface area (TPSA) is 61.8 Å². The van der Waals surface area contributed by atoms with Crippen molar-refractivity contribution in [3.8, 4) is 17.1 Å². The number of carbonyl (C=O) groups excluding carboxylic acids is 1. The summed E-state index contributed by atoms with van der Waals surface area (Å²) in [6.07, 6.45) is 6.75. The Morgan fingerprint density at radius 3 is 2.57 bits per heavy atom. The first-order chi connectivity index (χ1) is 20.4. The van der Waals surface area contributed by atoms with E-state index in [9.17, 15) is 9.18 Å². The highest BCUT2D eigenvalue weighted by Crippen LogP contribution is 2.58. The molecule has 2 aliphatic carbocycles. The fourth-order valence-electron chi connectivity index (χ4n) is 8.17. The lowest BCUT2D eigenvalue weighted by Crippen LogP contribution is -2.49. The lowest BCUT2D eigenvalue weighted by atomic mass is 9.93. The molecule has 2 unspecified atom stereocenters. The Morgan fingerprint density at radius 2 is 1.81 bits per heavy atom. The molecule has 1 aromatic heterocycles. The molecule has 0 bridgehead atoms. The van der Waals surface area contributed by atoms with Crippen LogP contribution in [0.25, 0.3) is 22.0 Å². The third kappa shape index (κ3) is 4.11. The van der Waals surface area contributed by atoms with Crippen molar-refractivity contribution in [2.75, 3.05) is 50.8 Å². The zero-order valence-corrected chi connectivity index (χ0v) is 23.7. The van der Waals surface area contributed by atoms with Crippen LogP contribution >= 0.6 is 0 Å². The van der Waals surface area contributed by atoms with Gasteiger partial charge in [0.2, 0.25) is 0 Å². The number of aromatic nitrogens is 2. The van der Waals surface area contributed by atoms with Crippen LogP contribution < -0.4 is 9.64 Å². The van der Waals surface area contributed by atoms with Crippen molar-refractivity contribution in [2.45, 2.75) is 50.0 Å². The summed E-state index contributed by atoms with van der Waals surface area (Å²) in [6, 6.07) is 10.2. The van der Waals surface area contributed by atoms with Gasteiger partial charge in [0, 0.05) is 37.1 Å². The van der Waals surface area contributed by atoms with Crippen molar-refractivity contribution in [3.63, 3.8) is 0 Å². The molecule has 7 nitrogen and oxygen atoms in total. The van der Waals surface area contributed by atoms with Crippen LogP contribution in [-0.2, 0) is 11.2 Å². The van der Waals surface area contributed by atoms with E-state index >= 15 is 4.39 Å². The number of halogens is 2. The largest absolute Gasteiger partial charge is 0.461 e. The summed E-state index contributed by atoms with van der Waals surface area (Å²) >= 11 is 0. The Hall–Kier alpha value is -3.59. The van der Waals surface area contributed by atoms with Crippen molar-refractivity contribution in [2.24, 2.45) is 5.92 Å². The SMILES string of the molecule is C=C(F)C(=O)N1CCN(c2nc(OCC34CCCN3CCC4)nc3c(F)c(-c4cccc5c4C4CC4C5)ccc23)CC1. The molecule has 0 radical (unpaired) electrons. The Bertz CT molecular complexity index is 1610. The zero-order chi connectivity index (χ0) is 28.6. The normalized spacial score (nSPS) is 24.0. The minimum absolute atomic E-state index is 0.00498. The molecule has 4 heterocycles. The molecule has 0 N–H and O–H groups in total. The highest BCUT2D eigenvalue weighted by atomic mass is 19.1. The van der Waals surface area contributed by atoms with Crippen LogP contribution in [0.4, 0.5) is 14.6 Å². The minimum atomic E-state index is -0.960. The van der Waals surface area contributed by atoms with E-state index in [2.05, 4.69) is 17.5 Å². The third-order valence-corrected chi connectivity index (χ3v) is 10.4. The number of anilines is 1. The molecule has 3 aliphatic heterocycles. The van der Waals surface area contributed by atoms with E-state index in [0.717, 1.165) is 50.8 Å². The average molecular weight is 572 g/mol. The Morgan fingerprint density at radius 1 is 1.02 bits per heavy atom. The lowest BCUT2D eigenvalue weighted by molar-refractivity contribution is -0.128. The Labute approximate surface area is 244 Å². The van der Waals surface area contributed by atoms with Gasteiger partial charge in [0.25, 0.3) is 5.91 Å². The molecule has 0 spiro atoms. The molecule has 3 saturated heterocycles. The molecule has 4 fully saturated rings. The summed E-state index contributed by atoms with van der Waals surface area (Å²) < 4.78 is 36.5. The van der Waals surface area contributed by atoms with E-state index in [0.29, 0.717) is 61.4 Å². The van der Waals surface area contributed by atoms with Crippen molar-refractivity contribution in [3.05, 3.63) is 59.7 Å². The lowest BCUT2D eigenvalue weighted by Gasteiger charge is -2.35. The number of hydrogen-bond donors (Lipinski definition) is 0. The van der Waals surface area contributed by atoms with E-state index in [1.165, 1.54) is 22.4 Å². The number of ether oxygens (including phenoxy) is 1. The number of amides is 1. The second kappa shape index (κ2) is 9.73. The van der Waals surface area contributed by atoms with Crippen molar-refractivity contribution in [1.82, 2.24) is 19.8 Å². The molecule has 5 aliphatic rings. The highest BCUT2D eigenvalue weighted by molar-refractivity contribution is 5.94. The van der Waals surface area contributed by atoms with E-state index in [1.54, 1.807) is 0 Å². The first kappa shape index (κ1) is 26.1. The molecule has 1 saturated carbocycles. The summed E-state index contributed by atoms with van der Waals surface area (Å²) in [5.41, 5.74) is 4.41. The van der Waals surface area contributed by atoms with Gasteiger partial charge >= 0.3 is 6.01 Å². The smallest absolute Gasteiger partial charge is 0.319 e. The number of fused-ring (bicyclic) bond motifs is 5. The fraction of sp³-hybridized carbons (Fsp3) is 0.485. The summed E-state index contributed by atoms with van der Waals surface area (Å²) in [5.74, 6) is -0.193. The molecule has 1 amide bonds. The predicted octanol–water partition coefficient (Wildman–Crippen LogP) is 5.23.